The second kappa shape index (κ2) is 2.61. The topological polar surface area (TPSA) is 12.9 Å². The predicted octanol–water partition coefficient (Wildman–Crippen LogP) is 2.49. The van der Waals surface area contributed by atoms with E-state index >= 15 is 0 Å². The molecule has 1 heterocycles. The van der Waals surface area contributed by atoms with Crippen LogP contribution in [-0.2, 0) is 0 Å². The number of nitrogens with zero attached hydrogens (tertiary/aromatic N) is 1. The first-order valence-corrected chi connectivity index (χ1v) is 3.97. The van der Waals surface area contributed by atoms with Gasteiger partial charge in [-0.15, -0.1) is 0 Å². The van der Waals surface area contributed by atoms with Crippen molar-refractivity contribution in [3.8, 4) is 0 Å². The average molecular weight is 151 g/mol. The van der Waals surface area contributed by atoms with Gasteiger partial charge in [0.1, 0.15) is 5.82 Å². The van der Waals surface area contributed by atoms with Gasteiger partial charge >= 0.3 is 0 Å². The third kappa shape index (κ3) is 1.13. The molecule has 2 heteroatoms. The summed E-state index contributed by atoms with van der Waals surface area (Å²) in [5.74, 6) is 0.329. The molecule has 0 N–H and O–H groups in total. The van der Waals surface area contributed by atoms with Crippen molar-refractivity contribution in [2.45, 2.75) is 25.2 Å². The summed E-state index contributed by atoms with van der Waals surface area (Å²) >= 11 is 0. The van der Waals surface area contributed by atoms with E-state index < -0.39 is 0 Å². The zero-order valence-corrected chi connectivity index (χ0v) is 6.26. The van der Waals surface area contributed by atoms with Crippen LogP contribution in [0.5, 0.6) is 0 Å². The summed E-state index contributed by atoms with van der Waals surface area (Å²) in [4.78, 5) is 3.71. The summed E-state index contributed by atoms with van der Waals surface area (Å²) in [5.41, 5.74) is 0.853. The highest BCUT2D eigenvalue weighted by atomic mass is 19.1. The van der Waals surface area contributed by atoms with E-state index in [1.54, 1.807) is 12.3 Å². The number of halogens is 1. The Morgan fingerprint density at radius 3 is 2.82 bits per heavy atom. The second-order valence-corrected chi connectivity index (χ2v) is 3.03. The molecule has 1 fully saturated rings. The van der Waals surface area contributed by atoms with E-state index in [9.17, 15) is 4.39 Å². The van der Waals surface area contributed by atoms with Crippen LogP contribution in [0, 0.1) is 5.82 Å². The standard InChI is InChI=1S/C9H10FN/c10-9-6-11-5-4-8(9)7-2-1-3-7/h4-7H,1-3H2. The minimum atomic E-state index is -0.141. The molecule has 0 unspecified atom stereocenters. The lowest BCUT2D eigenvalue weighted by atomic mass is 9.80. The van der Waals surface area contributed by atoms with Crippen molar-refractivity contribution in [3.05, 3.63) is 29.8 Å². The minimum absolute atomic E-state index is 0.141. The van der Waals surface area contributed by atoms with E-state index in [0.29, 0.717) is 5.92 Å². The fourth-order valence-electron chi connectivity index (χ4n) is 1.44. The van der Waals surface area contributed by atoms with Gasteiger partial charge in [0, 0.05) is 6.20 Å². The smallest absolute Gasteiger partial charge is 0.144 e. The molecule has 0 aliphatic heterocycles. The van der Waals surface area contributed by atoms with E-state index in [1.165, 1.54) is 12.6 Å². The molecule has 0 radical (unpaired) electrons. The molecule has 0 bridgehead atoms. The lowest BCUT2D eigenvalue weighted by Gasteiger charge is -2.25. The van der Waals surface area contributed by atoms with Crippen LogP contribution in [0.1, 0.15) is 30.7 Å². The van der Waals surface area contributed by atoms with Crippen LogP contribution in [-0.4, -0.2) is 4.98 Å². The fourth-order valence-corrected chi connectivity index (χ4v) is 1.44. The van der Waals surface area contributed by atoms with Crippen molar-refractivity contribution in [2.75, 3.05) is 0 Å². The van der Waals surface area contributed by atoms with E-state index in [4.69, 9.17) is 0 Å². The van der Waals surface area contributed by atoms with E-state index in [-0.39, 0.29) is 5.82 Å². The van der Waals surface area contributed by atoms with Crippen LogP contribution >= 0.6 is 0 Å². The molecule has 0 amide bonds. The summed E-state index contributed by atoms with van der Waals surface area (Å²) < 4.78 is 13.0. The van der Waals surface area contributed by atoms with Crippen LogP contribution < -0.4 is 0 Å². The summed E-state index contributed by atoms with van der Waals surface area (Å²) in [6.45, 7) is 0. The number of aromatic nitrogens is 1. The molecule has 1 nitrogen and oxygen atoms in total. The largest absolute Gasteiger partial charge is 0.262 e. The highest BCUT2D eigenvalue weighted by molar-refractivity contribution is 5.19. The Balaban J connectivity index is 2.28. The lowest BCUT2D eigenvalue weighted by Crippen LogP contribution is -2.10. The number of hydrogen-bond donors (Lipinski definition) is 0. The van der Waals surface area contributed by atoms with E-state index in [2.05, 4.69) is 4.98 Å². The van der Waals surface area contributed by atoms with Gasteiger partial charge < -0.3 is 0 Å². The highest BCUT2D eigenvalue weighted by Crippen LogP contribution is 2.36. The molecular formula is C9H10FN. The molecule has 0 atom stereocenters. The molecule has 1 aromatic rings. The van der Waals surface area contributed by atoms with Gasteiger partial charge in [-0.3, -0.25) is 4.98 Å². The third-order valence-corrected chi connectivity index (χ3v) is 2.35. The maximum Gasteiger partial charge on any atom is 0.144 e. The first-order chi connectivity index (χ1) is 5.38. The second-order valence-electron chi connectivity index (χ2n) is 3.03. The van der Waals surface area contributed by atoms with Crippen molar-refractivity contribution >= 4 is 0 Å². The zero-order chi connectivity index (χ0) is 7.68. The van der Waals surface area contributed by atoms with Crippen molar-refractivity contribution in [3.63, 3.8) is 0 Å². The molecule has 1 aromatic heterocycles. The molecule has 1 aliphatic rings. The Labute approximate surface area is 65.3 Å². The van der Waals surface area contributed by atoms with Gasteiger partial charge in [0.05, 0.1) is 6.20 Å². The quantitative estimate of drug-likeness (QED) is 0.601. The highest BCUT2D eigenvalue weighted by Gasteiger charge is 2.21. The summed E-state index contributed by atoms with van der Waals surface area (Å²) in [7, 11) is 0. The van der Waals surface area contributed by atoms with Gasteiger partial charge in [0.2, 0.25) is 0 Å². The molecule has 1 aliphatic carbocycles. The maximum absolute atomic E-state index is 13.0. The van der Waals surface area contributed by atoms with E-state index in [1.807, 2.05) is 0 Å². The molecule has 2 rings (SSSR count). The van der Waals surface area contributed by atoms with Gasteiger partial charge in [0.25, 0.3) is 0 Å². The fraction of sp³-hybridized carbons (Fsp3) is 0.444. The summed E-state index contributed by atoms with van der Waals surface area (Å²) in [6.07, 6.45) is 6.48. The minimum Gasteiger partial charge on any atom is -0.262 e. The van der Waals surface area contributed by atoms with Crippen LogP contribution in [0.4, 0.5) is 4.39 Å². The summed E-state index contributed by atoms with van der Waals surface area (Å²) in [6, 6.07) is 1.79. The Morgan fingerprint density at radius 1 is 1.45 bits per heavy atom. The van der Waals surface area contributed by atoms with Gasteiger partial charge in [-0.05, 0) is 30.4 Å². The number of rotatable bonds is 1. The molecule has 11 heavy (non-hydrogen) atoms. The van der Waals surface area contributed by atoms with Crippen LogP contribution in [0.2, 0.25) is 0 Å². The van der Waals surface area contributed by atoms with Crippen molar-refractivity contribution < 1.29 is 4.39 Å². The maximum atomic E-state index is 13.0. The molecule has 0 aromatic carbocycles. The number of hydrogen-bond acceptors (Lipinski definition) is 1. The Bertz CT molecular complexity index is 255. The summed E-state index contributed by atoms with van der Waals surface area (Å²) in [5, 5.41) is 0. The van der Waals surface area contributed by atoms with E-state index in [0.717, 1.165) is 18.4 Å². The lowest BCUT2D eigenvalue weighted by molar-refractivity contribution is 0.403. The zero-order valence-electron chi connectivity index (χ0n) is 6.26. The van der Waals surface area contributed by atoms with Gasteiger partial charge in [-0.1, -0.05) is 6.42 Å². The molecule has 0 spiro atoms. The average Bonchev–Trinajstić information content (AvgIpc) is 1.90. The van der Waals surface area contributed by atoms with Crippen molar-refractivity contribution in [1.29, 1.82) is 0 Å². The van der Waals surface area contributed by atoms with Crippen LogP contribution in [0.25, 0.3) is 0 Å². The molecule has 58 valence electrons. The Morgan fingerprint density at radius 2 is 2.27 bits per heavy atom. The SMILES string of the molecule is Fc1cnccc1C1CCC1. The number of pyridine rings is 1. The van der Waals surface area contributed by atoms with Crippen LogP contribution in [0.3, 0.4) is 0 Å². The molecular weight excluding hydrogens is 141 g/mol. The monoisotopic (exact) mass is 151 g/mol. The van der Waals surface area contributed by atoms with Gasteiger partial charge in [-0.25, -0.2) is 4.39 Å². The first kappa shape index (κ1) is 6.77. The molecule has 1 saturated carbocycles. The Hall–Kier alpha value is -0.920. The first-order valence-electron chi connectivity index (χ1n) is 3.97. The predicted molar refractivity (Wildman–Crippen MR) is 40.8 cm³/mol. The van der Waals surface area contributed by atoms with Gasteiger partial charge in [-0.2, -0.15) is 0 Å². The van der Waals surface area contributed by atoms with Crippen molar-refractivity contribution in [1.82, 2.24) is 4.98 Å². The van der Waals surface area contributed by atoms with Crippen molar-refractivity contribution in [2.24, 2.45) is 0 Å². The third-order valence-electron chi connectivity index (χ3n) is 2.35. The molecule has 0 saturated heterocycles. The normalized spacial score (nSPS) is 17.9. The Kier molecular flexibility index (Phi) is 1.60. The van der Waals surface area contributed by atoms with Crippen LogP contribution in [0.15, 0.2) is 18.5 Å². The van der Waals surface area contributed by atoms with Gasteiger partial charge in [0.15, 0.2) is 0 Å².